The van der Waals surface area contributed by atoms with Crippen LogP contribution in [0.25, 0.3) is 11.3 Å². The van der Waals surface area contributed by atoms with E-state index in [2.05, 4.69) is 39.5 Å². The Morgan fingerprint density at radius 2 is 1.94 bits per heavy atom. The van der Waals surface area contributed by atoms with Gasteiger partial charge >= 0.3 is 0 Å². The van der Waals surface area contributed by atoms with Crippen LogP contribution in [0.2, 0.25) is 0 Å². The summed E-state index contributed by atoms with van der Waals surface area (Å²) in [5, 5.41) is 18.9. The fraction of sp³-hybridized carbons (Fsp3) is 0.375. The summed E-state index contributed by atoms with van der Waals surface area (Å²) in [6.07, 6.45) is 7.82. The molecule has 0 radical (unpaired) electrons. The lowest BCUT2D eigenvalue weighted by Crippen LogP contribution is -2.31. The predicted octanol–water partition coefficient (Wildman–Crippen LogP) is 3.77. The maximum atomic E-state index is 12.0. The van der Waals surface area contributed by atoms with Gasteiger partial charge in [-0.3, -0.25) is 9.48 Å². The minimum Gasteiger partial charge on any atom is -0.375 e. The van der Waals surface area contributed by atoms with E-state index in [0.717, 1.165) is 35.3 Å². The van der Waals surface area contributed by atoms with E-state index in [1.165, 1.54) is 0 Å². The molecule has 2 aromatic heterocycles. The summed E-state index contributed by atoms with van der Waals surface area (Å²) in [6.45, 7) is 6.11. The Morgan fingerprint density at radius 1 is 1.21 bits per heavy atom. The lowest BCUT2D eigenvalue weighted by molar-refractivity contribution is -0.0506. The van der Waals surface area contributed by atoms with Crippen LogP contribution in [0, 0.1) is 18.3 Å². The number of rotatable bonds is 6. The van der Waals surface area contributed by atoms with Gasteiger partial charge in [0.05, 0.1) is 41.9 Å². The summed E-state index contributed by atoms with van der Waals surface area (Å²) in [7, 11) is 0. The largest absolute Gasteiger partial charge is 0.375 e. The van der Waals surface area contributed by atoms with Crippen LogP contribution in [0.3, 0.4) is 0 Å². The Bertz CT molecular complexity index is 1160. The highest BCUT2D eigenvalue weighted by atomic mass is 16.5. The first-order valence-corrected chi connectivity index (χ1v) is 11.0. The van der Waals surface area contributed by atoms with Gasteiger partial charge in [-0.25, -0.2) is 9.97 Å². The van der Waals surface area contributed by atoms with E-state index >= 15 is 0 Å². The van der Waals surface area contributed by atoms with Crippen LogP contribution in [0.1, 0.15) is 48.7 Å². The molecule has 0 saturated carbocycles. The van der Waals surface area contributed by atoms with Gasteiger partial charge in [0.2, 0.25) is 5.95 Å². The fourth-order valence-electron chi connectivity index (χ4n) is 4.11. The molecule has 33 heavy (non-hydrogen) atoms. The number of carbonyl (C=O) groups is 1. The molecule has 0 bridgehead atoms. The molecule has 1 fully saturated rings. The molecule has 3 atom stereocenters. The molecule has 0 aliphatic carbocycles. The van der Waals surface area contributed by atoms with Gasteiger partial charge in [-0.1, -0.05) is 12.1 Å². The normalized spacial score (nSPS) is 20.1. The molecule has 1 saturated heterocycles. The molecular formula is C24H27N7O2. The molecule has 1 aliphatic rings. The van der Waals surface area contributed by atoms with Gasteiger partial charge < -0.3 is 15.4 Å². The van der Waals surface area contributed by atoms with Crippen LogP contribution in [0.15, 0.2) is 42.9 Å². The number of nitriles is 1. The molecule has 1 aliphatic heterocycles. The average Bonchev–Trinajstić information content (AvgIpc) is 3.27. The van der Waals surface area contributed by atoms with Crippen molar-refractivity contribution in [1.29, 1.82) is 5.26 Å². The quantitative estimate of drug-likeness (QED) is 0.555. The Balaban J connectivity index is 1.49. The predicted molar refractivity (Wildman–Crippen MR) is 124 cm³/mol. The first-order chi connectivity index (χ1) is 15.9. The summed E-state index contributed by atoms with van der Waals surface area (Å²) in [5.74, 6) is 0.190. The van der Waals surface area contributed by atoms with Crippen molar-refractivity contribution in [3.05, 3.63) is 54.0 Å². The molecule has 4 rings (SSSR count). The van der Waals surface area contributed by atoms with Crippen molar-refractivity contribution in [1.82, 2.24) is 25.1 Å². The second-order valence-electron chi connectivity index (χ2n) is 8.36. The first-order valence-electron chi connectivity index (χ1n) is 11.0. The van der Waals surface area contributed by atoms with Crippen molar-refractivity contribution < 1.29 is 9.53 Å². The number of ether oxygens (including phenoxy) is 1. The summed E-state index contributed by atoms with van der Waals surface area (Å²) in [4.78, 5) is 21.1. The topological polar surface area (TPSA) is 118 Å². The average molecular weight is 446 g/mol. The molecule has 170 valence electrons. The summed E-state index contributed by atoms with van der Waals surface area (Å²) in [6, 6.07) is 9.32. The number of anilines is 2. The molecule has 3 aromatic rings. The van der Waals surface area contributed by atoms with Crippen molar-refractivity contribution in [3.8, 4) is 17.3 Å². The Hall–Kier alpha value is -3.77. The van der Waals surface area contributed by atoms with Crippen LogP contribution in [0.4, 0.5) is 11.6 Å². The van der Waals surface area contributed by atoms with Crippen LogP contribution in [-0.4, -0.2) is 44.4 Å². The van der Waals surface area contributed by atoms with Crippen molar-refractivity contribution in [2.24, 2.45) is 0 Å². The highest BCUT2D eigenvalue weighted by Gasteiger charge is 2.26. The molecule has 2 N–H and O–H groups in total. The van der Waals surface area contributed by atoms with Crippen LogP contribution in [0.5, 0.6) is 0 Å². The van der Waals surface area contributed by atoms with Gasteiger partial charge in [0.15, 0.2) is 0 Å². The number of benzene rings is 1. The lowest BCUT2D eigenvalue weighted by atomic mass is 10.0. The van der Waals surface area contributed by atoms with Gasteiger partial charge in [-0.2, -0.15) is 10.4 Å². The van der Waals surface area contributed by atoms with Crippen molar-refractivity contribution >= 4 is 17.5 Å². The summed E-state index contributed by atoms with van der Waals surface area (Å²) >= 11 is 0. The van der Waals surface area contributed by atoms with E-state index in [9.17, 15) is 4.79 Å². The van der Waals surface area contributed by atoms with E-state index in [0.29, 0.717) is 17.6 Å². The monoisotopic (exact) mass is 445 g/mol. The minimum atomic E-state index is -0.282. The fourth-order valence-corrected chi connectivity index (χ4v) is 4.11. The number of aryl methyl sites for hydroxylation is 1. The molecular weight excluding hydrogens is 418 g/mol. The van der Waals surface area contributed by atoms with E-state index in [-0.39, 0.29) is 24.7 Å². The number of nitrogens with zero attached hydrogens (tertiary/aromatic N) is 5. The number of carbonyl (C=O) groups excluding carboxylic acids is 1. The Labute approximate surface area is 192 Å². The van der Waals surface area contributed by atoms with E-state index in [1.807, 2.05) is 36.0 Å². The van der Waals surface area contributed by atoms with Crippen LogP contribution < -0.4 is 10.6 Å². The third-order valence-electron chi connectivity index (χ3n) is 5.62. The SMILES string of the molecule is Cc1cnc(Nc2cnn(C3C[C@@H](C)O[C@@H](C)C3)c2)nc1-c1ccc(C(=O)NCC#N)cc1. The van der Waals surface area contributed by atoms with Crippen molar-refractivity contribution in [2.75, 3.05) is 11.9 Å². The van der Waals surface area contributed by atoms with Gasteiger partial charge in [0.25, 0.3) is 5.91 Å². The molecule has 3 heterocycles. The van der Waals surface area contributed by atoms with Crippen LogP contribution in [-0.2, 0) is 4.74 Å². The number of amides is 1. The van der Waals surface area contributed by atoms with Crippen molar-refractivity contribution in [3.63, 3.8) is 0 Å². The van der Waals surface area contributed by atoms with Gasteiger partial charge in [-0.05, 0) is 51.3 Å². The molecule has 0 spiro atoms. The molecule has 1 amide bonds. The second kappa shape index (κ2) is 9.79. The zero-order chi connectivity index (χ0) is 23.4. The standard InChI is InChI=1S/C24H27N7O2/c1-15-12-27-24(29-20-13-28-31(14-20)21-10-16(2)33-17(3)11-21)30-22(15)18-4-6-19(7-5-18)23(32)26-9-8-25/h4-7,12-14,16-17,21H,9-11H2,1-3H3,(H,26,32)(H,27,29,30)/t16-,17+,21?. The van der Waals surface area contributed by atoms with E-state index in [1.54, 1.807) is 24.5 Å². The highest BCUT2D eigenvalue weighted by Crippen LogP contribution is 2.29. The van der Waals surface area contributed by atoms with E-state index < -0.39 is 0 Å². The minimum absolute atomic E-state index is 0.0240. The number of aromatic nitrogens is 4. The zero-order valence-electron chi connectivity index (χ0n) is 18.9. The highest BCUT2D eigenvalue weighted by molar-refractivity contribution is 5.94. The van der Waals surface area contributed by atoms with Gasteiger partial charge in [0, 0.05) is 23.5 Å². The first kappa shape index (κ1) is 22.4. The zero-order valence-corrected chi connectivity index (χ0v) is 18.9. The smallest absolute Gasteiger partial charge is 0.252 e. The third-order valence-corrected chi connectivity index (χ3v) is 5.62. The van der Waals surface area contributed by atoms with Crippen molar-refractivity contribution in [2.45, 2.75) is 51.9 Å². The Morgan fingerprint density at radius 3 is 2.64 bits per heavy atom. The maximum absolute atomic E-state index is 12.0. The number of nitrogens with one attached hydrogen (secondary N) is 2. The number of hydrogen-bond donors (Lipinski definition) is 2. The Kier molecular flexibility index (Phi) is 6.66. The van der Waals surface area contributed by atoms with Gasteiger partial charge in [-0.15, -0.1) is 0 Å². The van der Waals surface area contributed by atoms with Gasteiger partial charge in [0.1, 0.15) is 6.54 Å². The molecule has 1 aromatic carbocycles. The summed E-state index contributed by atoms with van der Waals surface area (Å²) in [5.41, 5.74) is 3.87. The molecule has 9 nitrogen and oxygen atoms in total. The lowest BCUT2D eigenvalue weighted by Gasteiger charge is -2.32. The molecule has 1 unspecified atom stereocenters. The number of hydrogen-bond acceptors (Lipinski definition) is 7. The van der Waals surface area contributed by atoms with Crippen LogP contribution >= 0.6 is 0 Å². The second-order valence-corrected chi connectivity index (χ2v) is 8.36. The maximum Gasteiger partial charge on any atom is 0.252 e. The summed E-state index contributed by atoms with van der Waals surface area (Å²) < 4.78 is 7.82. The van der Waals surface area contributed by atoms with E-state index in [4.69, 9.17) is 10.00 Å². The molecule has 9 heteroatoms. The third kappa shape index (κ3) is 5.35.